The van der Waals surface area contributed by atoms with E-state index in [0.717, 1.165) is 42.7 Å². The minimum absolute atomic E-state index is 0.0488. The van der Waals surface area contributed by atoms with Crippen molar-refractivity contribution in [1.82, 2.24) is 19.7 Å². The fourth-order valence-corrected chi connectivity index (χ4v) is 6.38. The van der Waals surface area contributed by atoms with Gasteiger partial charge in [-0.05, 0) is 79.5 Å². The molecule has 3 heterocycles. The highest BCUT2D eigenvalue weighted by Gasteiger charge is 2.57. The summed E-state index contributed by atoms with van der Waals surface area (Å²) in [5.74, 6) is 0. The topological polar surface area (TPSA) is 45.2 Å². The van der Waals surface area contributed by atoms with Gasteiger partial charge in [0, 0.05) is 34.9 Å². The quantitative estimate of drug-likeness (QED) is 0.273. The minimum atomic E-state index is -0.101. The maximum absolute atomic E-state index is 14.5. The second-order valence-corrected chi connectivity index (χ2v) is 11.3. The number of rotatable bonds is 5. The third-order valence-electron chi connectivity index (χ3n) is 7.63. The average molecular weight is 557 g/mol. The molecule has 1 unspecified atom stereocenters. The highest BCUT2D eigenvalue weighted by atomic mass is 35.5. The number of piperidine rings is 1. The Balaban J connectivity index is 1.55. The molecule has 1 fully saturated rings. The third kappa shape index (κ3) is 5.29. The molecule has 192 valence electrons. The number of carbonyl (C=O) groups is 1. The summed E-state index contributed by atoms with van der Waals surface area (Å²) in [6, 6.07) is 17.5. The highest BCUT2D eigenvalue weighted by Crippen LogP contribution is 2.51. The van der Waals surface area contributed by atoms with Crippen LogP contribution in [0.15, 0.2) is 66.9 Å². The van der Waals surface area contributed by atoms with E-state index in [0.29, 0.717) is 34.8 Å². The molecule has 0 bridgehead atoms. The Hall–Kier alpha value is -2.41. The molecule has 8 heteroatoms. The molecule has 1 aromatic heterocycles. The summed E-state index contributed by atoms with van der Waals surface area (Å²) in [5, 5.41) is 5.32. The van der Waals surface area contributed by atoms with Crippen LogP contribution in [-0.2, 0) is 12.0 Å². The lowest BCUT2D eigenvalue weighted by Crippen LogP contribution is -2.60. The zero-order valence-electron chi connectivity index (χ0n) is 20.8. The summed E-state index contributed by atoms with van der Waals surface area (Å²) in [5.41, 5.74) is 4.13. The first-order valence-electron chi connectivity index (χ1n) is 12.5. The Labute approximate surface area is 233 Å². The largest absolute Gasteiger partial charge is 0.424 e. The molecule has 37 heavy (non-hydrogen) atoms. The number of nitrogens with one attached hydrogen (secondary N) is 1. The average Bonchev–Trinajstić information content (AvgIpc) is 3.14. The van der Waals surface area contributed by atoms with Gasteiger partial charge in [0.05, 0.1) is 12.0 Å². The van der Waals surface area contributed by atoms with Crippen molar-refractivity contribution in [2.24, 2.45) is 0 Å². The second kappa shape index (κ2) is 10.8. The van der Waals surface area contributed by atoms with Gasteiger partial charge in [-0.3, -0.25) is 4.90 Å². The van der Waals surface area contributed by atoms with Crippen molar-refractivity contribution in [3.05, 3.63) is 98.8 Å². The molecule has 1 atom stereocenters. The molecule has 2 aliphatic heterocycles. The second-order valence-electron chi connectivity index (χ2n) is 10.1. The first-order chi connectivity index (χ1) is 17.8. The number of quaternary nitrogens is 1. The van der Waals surface area contributed by atoms with Gasteiger partial charge in [0.2, 0.25) is 0 Å². The Morgan fingerprint density at radius 3 is 2.51 bits per heavy atom. The lowest BCUT2D eigenvalue weighted by atomic mass is 9.75. The van der Waals surface area contributed by atoms with Gasteiger partial charge in [-0.1, -0.05) is 53.0 Å². The Morgan fingerprint density at radius 1 is 1.05 bits per heavy atom. The monoisotopic (exact) mass is 555 g/mol. The third-order valence-corrected chi connectivity index (χ3v) is 8.32. The number of nitrogens with zero attached hydrogens (tertiary/aromatic N) is 3. The Morgan fingerprint density at radius 2 is 1.78 bits per heavy atom. The number of amides is 2. The Bertz CT molecular complexity index is 1320. The first-order valence-corrected chi connectivity index (χ1v) is 13.6. The maximum Gasteiger partial charge on any atom is 0.424 e. The van der Waals surface area contributed by atoms with E-state index in [-0.39, 0.29) is 15.9 Å². The molecule has 1 spiro atoms. The van der Waals surface area contributed by atoms with Crippen LogP contribution in [0.1, 0.15) is 29.5 Å². The number of urea groups is 1. The van der Waals surface area contributed by atoms with Crippen LogP contribution in [0.3, 0.4) is 0 Å². The predicted molar refractivity (Wildman–Crippen MR) is 153 cm³/mol. The lowest BCUT2D eigenvalue weighted by Gasteiger charge is -2.38. The van der Waals surface area contributed by atoms with Gasteiger partial charge in [-0.15, -0.1) is 0 Å². The van der Waals surface area contributed by atoms with Crippen molar-refractivity contribution >= 4 is 52.6 Å². The summed E-state index contributed by atoms with van der Waals surface area (Å²) in [7, 11) is 1.86. The van der Waals surface area contributed by atoms with Gasteiger partial charge in [0.1, 0.15) is 23.9 Å². The molecule has 2 aliphatic rings. The van der Waals surface area contributed by atoms with Crippen LogP contribution in [0.5, 0.6) is 0 Å². The number of carbonyl (C=O) groups excluding carboxylic acids is 1. The number of benzene rings is 2. The van der Waals surface area contributed by atoms with Crippen molar-refractivity contribution in [2.45, 2.75) is 24.8 Å². The van der Waals surface area contributed by atoms with E-state index in [1.165, 1.54) is 5.56 Å². The number of hydrogen-bond donors (Lipinski definition) is 1. The van der Waals surface area contributed by atoms with Crippen LogP contribution in [0.2, 0.25) is 15.2 Å². The van der Waals surface area contributed by atoms with Gasteiger partial charge in [-0.25, -0.2) is 14.3 Å². The molecule has 0 saturated carbocycles. The van der Waals surface area contributed by atoms with Crippen molar-refractivity contribution in [2.75, 3.05) is 33.2 Å². The molecule has 1 saturated heterocycles. The van der Waals surface area contributed by atoms with Gasteiger partial charge in [-0.2, -0.15) is 0 Å². The smallest absolute Gasteiger partial charge is 0.317 e. The minimum Gasteiger partial charge on any atom is -0.317 e. The SMILES string of the molecule is CN(Cc1ccnc(Cl)c1)C(=O)[N+]1(C/C=C/c2ccc(Cl)cc2)CC2(CCNCC2)c2cc(Cl)ccc21. The molecule has 5 rings (SSSR count). The first kappa shape index (κ1) is 26.2. The molecule has 5 nitrogen and oxygen atoms in total. The fraction of sp³-hybridized carbons (Fsp3) is 0.310. The summed E-state index contributed by atoms with van der Waals surface area (Å²) < 4.78 is 0.214. The van der Waals surface area contributed by atoms with E-state index in [1.807, 2.05) is 49.5 Å². The summed E-state index contributed by atoms with van der Waals surface area (Å²) in [6.45, 7) is 3.53. The summed E-state index contributed by atoms with van der Waals surface area (Å²) in [6.07, 6.45) is 7.79. The zero-order chi connectivity index (χ0) is 26.0. The number of pyridine rings is 1. The number of fused-ring (bicyclic) bond motifs is 2. The Kier molecular flexibility index (Phi) is 7.62. The molecular formula is C29H30Cl3N4O+. The predicted octanol–water partition coefficient (Wildman–Crippen LogP) is 6.95. The van der Waals surface area contributed by atoms with Crippen molar-refractivity contribution in [3.8, 4) is 0 Å². The molecular weight excluding hydrogens is 527 g/mol. The van der Waals surface area contributed by atoms with Gasteiger partial charge in [0.15, 0.2) is 0 Å². The molecule has 0 aliphatic carbocycles. The molecule has 3 aromatic rings. The summed E-state index contributed by atoms with van der Waals surface area (Å²) >= 11 is 18.7. The van der Waals surface area contributed by atoms with Crippen LogP contribution < -0.4 is 9.80 Å². The van der Waals surface area contributed by atoms with Crippen LogP contribution in [-0.4, -0.2) is 49.1 Å². The molecule has 2 amide bonds. The van der Waals surface area contributed by atoms with Gasteiger partial charge in [0.25, 0.3) is 0 Å². The molecule has 2 aromatic carbocycles. The van der Waals surface area contributed by atoms with E-state index in [1.54, 1.807) is 11.1 Å². The highest BCUT2D eigenvalue weighted by molar-refractivity contribution is 6.31. The van der Waals surface area contributed by atoms with E-state index in [2.05, 4.69) is 34.6 Å². The fourth-order valence-electron chi connectivity index (χ4n) is 5.89. The standard InChI is InChI=1S/C29H30Cl3N4O/c1-35(19-22-10-13-34-27(32)17-22)28(37)36(16-2-3-21-4-6-23(30)7-5-21)20-29(11-14-33-15-12-29)25-18-24(31)8-9-26(25)36/h2-10,13,17-18,33H,11-12,14-16,19-20H2,1H3/q+1/b3-2+. The number of hydrogen-bond acceptors (Lipinski definition) is 3. The maximum atomic E-state index is 14.5. The van der Waals surface area contributed by atoms with Crippen LogP contribution in [0, 0.1) is 0 Å². The van der Waals surface area contributed by atoms with Crippen LogP contribution in [0.4, 0.5) is 10.5 Å². The van der Waals surface area contributed by atoms with Gasteiger partial charge >= 0.3 is 6.03 Å². The van der Waals surface area contributed by atoms with Crippen molar-refractivity contribution < 1.29 is 4.79 Å². The summed E-state index contributed by atoms with van der Waals surface area (Å²) in [4.78, 5) is 20.3. The molecule has 1 N–H and O–H groups in total. The number of aromatic nitrogens is 1. The normalized spacial score (nSPS) is 20.3. The van der Waals surface area contributed by atoms with E-state index >= 15 is 0 Å². The van der Waals surface area contributed by atoms with E-state index in [9.17, 15) is 4.79 Å². The molecule has 0 radical (unpaired) electrons. The van der Waals surface area contributed by atoms with Crippen LogP contribution in [0.25, 0.3) is 6.08 Å². The van der Waals surface area contributed by atoms with Crippen molar-refractivity contribution in [1.29, 1.82) is 0 Å². The number of halogens is 3. The van der Waals surface area contributed by atoms with E-state index in [4.69, 9.17) is 34.8 Å². The van der Waals surface area contributed by atoms with Crippen LogP contribution >= 0.6 is 34.8 Å². The lowest BCUT2D eigenvalue weighted by molar-refractivity contribution is 0.156. The van der Waals surface area contributed by atoms with Crippen molar-refractivity contribution in [3.63, 3.8) is 0 Å². The zero-order valence-corrected chi connectivity index (χ0v) is 23.0. The van der Waals surface area contributed by atoms with E-state index < -0.39 is 0 Å². The van der Waals surface area contributed by atoms with Gasteiger partial charge < -0.3 is 5.32 Å².